The van der Waals surface area contributed by atoms with E-state index in [2.05, 4.69) is 0 Å². The van der Waals surface area contributed by atoms with Crippen LogP contribution in [0.4, 0.5) is 0 Å². The lowest BCUT2D eigenvalue weighted by molar-refractivity contribution is 0.0921. The van der Waals surface area contributed by atoms with E-state index in [0.29, 0.717) is 27.6 Å². The van der Waals surface area contributed by atoms with Crippen molar-refractivity contribution in [2.24, 2.45) is 0 Å². The van der Waals surface area contributed by atoms with Gasteiger partial charge in [-0.15, -0.1) is 0 Å². The fraction of sp³-hybridized carbons (Fsp3) is 0.125. The van der Waals surface area contributed by atoms with Gasteiger partial charge in [-0.1, -0.05) is 23.7 Å². The smallest absolute Gasteiger partial charge is 0.200 e. The van der Waals surface area contributed by atoms with E-state index in [-0.39, 0.29) is 12.4 Å². The van der Waals surface area contributed by atoms with Gasteiger partial charge in [0.25, 0.3) is 0 Å². The second kappa shape index (κ2) is 6.78. The molecule has 2 aromatic carbocycles. The van der Waals surface area contributed by atoms with Gasteiger partial charge in [-0.2, -0.15) is 5.26 Å². The SMILES string of the molecule is COc1cc(C#N)cc(OCC(=O)c2cccc(Cl)c2)c1. The first-order valence-corrected chi connectivity index (χ1v) is 6.51. The second-order valence-electron chi connectivity index (χ2n) is 4.23. The van der Waals surface area contributed by atoms with Gasteiger partial charge < -0.3 is 9.47 Å². The van der Waals surface area contributed by atoms with E-state index >= 15 is 0 Å². The van der Waals surface area contributed by atoms with Crippen LogP contribution in [0, 0.1) is 11.3 Å². The first kappa shape index (κ1) is 14.9. The normalized spacial score (nSPS) is 9.76. The number of ketones is 1. The maximum atomic E-state index is 12.0. The molecule has 2 aromatic rings. The van der Waals surface area contributed by atoms with Crippen molar-refractivity contribution >= 4 is 17.4 Å². The van der Waals surface area contributed by atoms with E-state index in [1.807, 2.05) is 6.07 Å². The minimum Gasteiger partial charge on any atom is -0.497 e. The summed E-state index contributed by atoms with van der Waals surface area (Å²) in [5.41, 5.74) is 0.880. The van der Waals surface area contributed by atoms with E-state index in [1.54, 1.807) is 42.5 Å². The third-order valence-corrected chi connectivity index (χ3v) is 3.00. The monoisotopic (exact) mass is 301 g/mol. The number of Topliss-reactive ketones (excluding diaryl/α,β-unsaturated/α-hetero) is 1. The first-order valence-electron chi connectivity index (χ1n) is 6.13. The minimum absolute atomic E-state index is 0.140. The molecule has 0 unspecified atom stereocenters. The van der Waals surface area contributed by atoms with E-state index in [1.165, 1.54) is 7.11 Å². The van der Waals surface area contributed by atoms with Crippen LogP contribution in [0.25, 0.3) is 0 Å². The zero-order valence-electron chi connectivity index (χ0n) is 11.3. The van der Waals surface area contributed by atoms with Gasteiger partial charge in [-0.25, -0.2) is 0 Å². The van der Waals surface area contributed by atoms with E-state index < -0.39 is 0 Å². The molecule has 21 heavy (non-hydrogen) atoms. The first-order chi connectivity index (χ1) is 10.1. The van der Waals surface area contributed by atoms with Crippen molar-refractivity contribution in [1.29, 1.82) is 5.26 Å². The summed E-state index contributed by atoms with van der Waals surface area (Å²) in [6.45, 7) is -0.140. The van der Waals surface area contributed by atoms with Crippen LogP contribution in [0.5, 0.6) is 11.5 Å². The maximum Gasteiger partial charge on any atom is 0.200 e. The summed E-state index contributed by atoms with van der Waals surface area (Å²) >= 11 is 5.84. The van der Waals surface area contributed by atoms with Crippen LogP contribution in [0.3, 0.4) is 0 Å². The molecule has 0 aliphatic heterocycles. The van der Waals surface area contributed by atoms with Crippen LogP contribution in [-0.4, -0.2) is 19.5 Å². The molecule has 0 heterocycles. The van der Waals surface area contributed by atoms with Gasteiger partial charge in [0.1, 0.15) is 11.5 Å². The zero-order valence-corrected chi connectivity index (χ0v) is 12.1. The Bertz CT molecular complexity index is 707. The quantitative estimate of drug-likeness (QED) is 0.793. The maximum absolute atomic E-state index is 12.0. The third-order valence-electron chi connectivity index (χ3n) is 2.76. The van der Waals surface area contributed by atoms with Crippen LogP contribution in [0.2, 0.25) is 5.02 Å². The van der Waals surface area contributed by atoms with Crippen LogP contribution >= 0.6 is 11.6 Å². The number of carbonyl (C=O) groups is 1. The molecule has 0 amide bonds. The molecule has 0 atom stereocenters. The van der Waals surface area contributed by atoms with Gasteiger partial charge in [0.15, 0.2) is 12.4 Å². The highest BCUT2D eigenvalue weighted by Crippen LogP contribution is 2.22. The van der Waals surface area contributed by atoms with Crippen LogP contribution in [-0.2, 0) is 0 Å². The summed E-state index contributed by atoms with van der Waals surface area (Å²) in [5.74, 6) is 0.708. The largest absolute Gasteiger partial charge is 0.497 e. The molecule has 4 nitrogen and oxygen atoms in total. The highest BCUT2D eigenvalue weighted by Gasteiger charge is 2.09. The summed E-state index contributed by atoms with van der Waals surface area (Å²) in [5, 5.41) is 9.42. The van der Waals surface area contributed by atoms with Crippen LogP contribution in [0.1, 0.15) is 15.9 Å². The van der Waals surface area contributed by atoms with Crippen molar-refractivity contribution in [2.45, 2.75) is 0 Å². The predicted octanol–water partition coefficient (Wildman–Crippen LogP) is 3.48. The lowest BCUT2D eigenvalue weighted by Gasteiger charge is -2.08. The lowest BCUT2D eigenvalue weighted by Crippen LogP contribution is -2.11. The summed E-state index contributed by atoms with van der Waals surface area (Å²) in [4.78, 5) is 12.0. The number of hydrogen-bond acceptors (Lipinski definition) is 4. The molecule has 0 spiro atoms. The number of nitriles is 1. The number of ether oxygens (including phenoxy) is 2. The Kier molecular flexibility index (Phi) is 4.81. The van der Waals surface area contributed by atoms with Gasteiger partial charge in [-0.3, -0.25) is 4.79 Å². The molecule has 0 aliphatic carbocycles. The van der Waals surface area contributed by atoms with Gasteiger partial charge in [0.2, 0.25) is 0 Å². The lowest BCUT2D eigenvalue weighted by atomic mass is 10.1. The molecule has 0 aromatic heterocycles. The highest BCUT2D eigenvalue weighted by atomic mass is 35.5. The molecule has 2 rings (SSSR count). The number of rotatable bonds is 5. The molecule has 0 aliphatic rings. The van der Waals surface area contributed by atoms with Crippen LogP contribution in [0.15, 0.2) is 42.5 Å². The molecule has 0 N–H and O–H groups in total. The number of hydrogen-bond donors (Lipinski definition) is 0. The van der Waals surface area contributed by atoms with E-state index in [4.69, 9.17) is 26.3 Å². The van der Waals surface area contributed by atoms with E-state index in [0.717, 1.165) is 0 Å². The van der Waals surface area contributed by atoms with Crippen molar-refractivity contribution in [1.82, 2.24) is 0 Å². The summed E-state index contributed by atoms with van der Waals surface area (Å²) in [6.07, 6.45) is 0. The molecule has 0 fully saturated rings. The Labute approximate surface area is 127 Å². The molecule has 5 heteroatoms. The number of nitrogens with zero attached hydrogens (tertiary/aromatic N) is 1. The molecule has 0 radical (unpaired) electrons. The average molecular weight is 302 g/mol. The Morgan fingerprint density at radius 3 is 2.67 bits per heavy atom. The molecular weight excluding hydrogens is 290 g/mol. The average Bonchev–Trinajstić information content (AvgIpc) is 2.52. The van der Waals surface area contributed by atoms with Crippen molar-refractivity contribution in [3.63, 3.8) is 0 Å². The zero-order chi connectivity index (χ0) is 15.2. The second-order valence-corrected chi connectivity index (χ2v) is 4.67. The standard InChI is InChI=1S/C16H12ClNO3/c1-20-14-5-11(9-18)6-15(8-14)21-10-16(19)12-3-2-4-13(17)7-12/h2-8H,10H2,1H3. The van der Waals surface area contributed by atoms with Gasteiger partial charge >= 0.3 is 0 Å². The van der Waals surface area contributed by atoms with E-state index in [9.17, 15) is 4.79 Å². The highest BCUT2D eigenvalue weighted by molar-refractivity contribution is 6.31. The van der Waals surface area contributed by atoms with Gasteiger partial charge in [0, 0.05) is 16.7 Å². The minimum atomic E-state index is -0.196. The Hall–Kier alpha value is -2.51. The van der Waals surface area contributed by atoms with Gasteiger partial charge in [-0.05, 0) is 24.3 Å². The number of halogens is 1. The fourth-order valence-electron chi connectivity index (χ4n) is 1.73. The molecule has 0 bridgehead atoms. The molecule has 0 saturated heterocycles. The Balaban J connectivity index is 2.09. The van der Waals surface area contributed by atoms with Crippen molar-refractivity contribution < 1.29 is 14.3 Å². The van der Waals surface area contributed by atoms with Gasteiger partial charge in [0.05, 0.1) is 18.7 Å². The number of benzene rings is 2. The van der Waals surface area contributed by atoms with Crippen LogP contribution < -0.4 is 9.47 Å². The number of carbonyl (C=O) groups excluding carboxylic acids is 1. The topological polar surface area (TPSA) is 59.3 Å². The summed E-state index contributed by atoms with van der Waals surface area (Å²) < 4.78 is 10.5. The fourth-order valence-corrected chi connectivity index (χ4v) is 1.92. The van der Waals surface area contributed by atoms with Crippen molar-refractivity contribution in [3.05, 3.63) is 58.6 Å². The third kappa shape index (κ3) is 3.98. The molecular formula is C16H12ClNO3. The summed E-state index contributed by atoms with van der Waals surface area (Å²) in [6, 6.07) is 13.4. The molecule has 0 saturated carbocycles. The number of methoxy groups -OCH3 is 1. The Morgan fingerprint density at radius 2 is 2.00 bits per heavy atom. The van der Waals surface area contributed by atoms with Crippen molar-refractivity contribution in [2.75, 3.05) is 13.7 Å². The Morgan fingerprint density at radius 1 is 1.24 bits per heavy atom. The predicted molar refractivity (Wildman–Crippen MR) is 79.0 cm³/mol. The molecule has 106 valence electrons. The van der Waals surface area contributed by atoms with Crippen molar-refractivity contribution in [3.8, 4) is 17.6 Å². The summed E-state index contributed by atoms with van der Waals surface area (Å²) in [7, 11) is 1.50.